The van der Waals surface area contributed by atoms with Crippen LogP contribution in [0.5, 0.6) is 0 Å². The summed E-state index contributed by atoms with van der Waals surface area (Å²) in [5, 5.41) is 10.6. The SMILES string of the molecule is CC(=O)N1c2ccc([N+](=O)[O-])cc2C[C@H]1C=O. The summed E-state index contributed by atoms with van der Waals surface area (Å²) in [6, 6.07) is 3.71. The van der Waals surface area contributed by atoms with E-state index in [1.807, 2.05) is 0 Å². The van der Waals surface area contributed by atoms with Gasteiger partial charge in [0.05, 0.1) is 11.0 Å². The molecule has 0 bridgehead atoms. The molecule has 1 amide bonds. The predicted molar refractivity (Wildman–Crippen MR) is 59.8 cm³/mol. The molecule has 0 spiro atoms. The Morgan fingerprint density at radius 2 is 2.29 bits per heavy atom. The van der Waals surface area contributed by atoms with Crippen molar-refractivity contribution in [3.8, 4) is 0 Å². The van der Waals surface area contributed by atoms with Gasteiger partial charge < -0.3 is 9.69 Å². The Balaban J connectivity index is 2.48. The first-order valence-electron chi connectivity index (χ1n) is 5.07. The van der Waals surface area contributed by atoms with E-state index in [-0.39, 0.29) is 11.6 Å². The molecule has 0 radical (unpaired) electrons. The smallest absolute Gasteiger partial charge is 0.269 e. The summed E-state index contributed by atoms with van der Waals surface area (Å²) in [4.78, 5) is 33.8. The van der Waals surface area contributed by atoms with E-state index >= 15 is 0 Å². The minimum absolute atomic E-state index is 0.0289. The number of nitrogens with zero attached hydrogens (tertiary/aromatic N) is 2. The first kappa shape index (κ1) is 11.3. The minimum Gasteiger partial charge on any atom is -0.302 e. The molecule has 1 atom stereocenters. The lowest BCUT2D eigenvalue weighted by Crippen LogP contribution is -2.36. The molecule has 1 aliphatic heterocycles. The maximum atomic E-state index is 11.4. The van der Waals surface area contributed by atoms with Gasteiger partial charge in [0.2, 0.25) is 5.91 Å². The average molecular weight is 234 g/mol. The number of fused-ring (bicyclic) bond motifs is 1. The Labute approximate surface area is 97.0 Å². The lowest BCUT2D eigenvalue weighted by Gasteiger charge is -2.19. The summed E-state index contributed by atoms with van der Waals surface area (Å²) < 4.78 is 0. The summed E-state index contributed by atoms with van der Waals surface area (Å²) in [6.45, 7) is 1.37. The van der Waals surface area contributed by atoms with Crippen molar-refractivity contribution in [2.75, 3.05) is 4.90 Å². The number of nitro groups is 1. The molecule has 0 aromatic heterocycles. The average Bonchev–Trinajstić information content (AvgIpc) is 2.65. The first-order chi connectivity index (χ1) is 8.04. The number of nitro benzene ring substituents is 1. The van der Waals surface area contributed by atoms with Crippen LogP contribution in [0.15, 0.2) is 18.2 Å². The van der Waals surface area contributed by atoms with Crippen LogP contribution >= 0.6 is 0 Å². The summed E-state index contributed by atoms with van der Waals surface area (Å²) in [5.41, 5.74) is 1.21. The van der Waals surface area contributed by atoms with Crippen molar-refractivity contribution in [3.05, 3.63) is 33.9 Å². The van der Waals surface area contributed by atoms with E-state index in [1.165, 1.54) is 30.0 Å². The molecule has 0 fully saturated rings. The lowest BCUT2D eigenvalue weighted by molar-refractivity contribution is -0.384. The van der Waals surface area contributed by atoms with Crippen molar-refractivity contribution in [1.29, 1.82) is 0 Å². The van der Waals surface area contributed by atoms with Crippen molar-refractivity contribution in [2.24, 2.45) is 0 Å². The number of benzene rings is 1. The molecule has 0 saturated carbocycles. The molecule has 0 aliphatic carbocycles. The highest BCUT2D eigenvalue weighted by Gasteiger charge is 2.32. The second kappa shape index (κ2) is 3.97. The molecule has 0 N–H and O–H groups in total. The fraction of sp³-hybridized carbons (Fsp3) is 0.273. The highest BCUT2D eigenvalue weighted by molar-refractivity contribution is 5.98. The largest absolute Gasteiger partial charge is 0.302 e. The third-order valence-electron chi connectivity index (χ3n) is 2.79. The standard InChI is InChI=1S/C11H10N2O4/c1-7(15)12-10(6-14)5-8-4-9(13(16)17)2-3-11(8)12/h2-4,6,10H,5H2,1H3/t10-/m0/s1. The molecule has 1 aromatic carbocycles. The van der Waals surface area contributed by atoms with Gasteiger partial charge in [0.25, 0.3) is 5.69 Å². The number of aldehydes is 1. The zero-order valence-electron chi connectivity index (χ0n) is 9.12. The van der Waals surface area contributed by atoms with Crippen LogP contribution in [0.25, 0.3) is 0 Å². The summed E-state index contributed by atoms with van der Waals surface area (Å²) >= 11 is 0. The van der Waals surface area contributed by atoms with Crippen molar-refractivity contribution in [3.63, 3.8) is 0 Å². The van der Waals surface area contributed by atoms with Crippen LogP contribution in [0.1, 0.15) is 12.5 Å². The highest BCUT2D eigenvalue weighted by atomic mass is 16.6. The molecule has 1 aromatic rings. The molecular formula is C11H10N2O4. The molecule has 2 rings (SSSR count). The molecule has 1 aliphatic rings. The zero-order valence-corrected chi connectivity index (χ0v) is 9.12. The highest BCUT2D eigenvalue weighted by Crippen LogP contribution is 2.34. The fourth-order valence-electron chi connectivity index (χ4n) is 2.09. The second-order valence-corrected chi connectivity index (χ2v) is 3.87. The van der Waals surface area contributed by atoms with Gasteiger partial charge in [-0.15, -0.1) is 0 Å². The van der Waals surface area contributed by atoms with Gasteiger partial charge in [-0.25, -0.2) is 0 Å². The van der Waals surface area contributed by atoms with Crippen LogP contribution < -0.4 is 4.90 Å². The fourth-order valence-corrected chi connectivity index (χ4v) is 2.09. The van der Waals surface area contributed by atoms with Crippen LogP contribution in [-0.2, 0) is 16.0 Å². The minimum atomic E-state index is -0.551. The van der Waals surface area contributed by atoms with E-state index in [1.54, 1.807) is 0 Å². The maximum Gasteiger partial charge on any atom is 0.269 e. The zero-order chi connectivity index (χ0) is 12.6. The summed E-state index contributed by atoms with van der Waals surface area (Å²) in [7, 11) is 0. The number of hydrogen-bond donors (Lipinski definition) is 0. The molecule has 88 valence electrons. The monoisotopic (exact) mass is 234 g/mol. The number of amides is 1. The van der Waals surface area contributed by atoms with E-state index in [0.717, 1.165) is 0 Å². The van der Waals surface area contributed by atoms with Crippen LogP contribution in [0.2, 0.25) is 0 Å². The number of anilines is 1. The number of carbonyl (C=O) groups excluding carboxylic acids is 2. The Bertz CT molecular complexity index is 512. The lowest BCUT2D eigenvalue weighted by atomic mass is 10.1. The summed E-state index contributed by atoms with van der Waals surface area (Å²) in [5.74, 6) is -0.241. The van der Waals surface area contributed by atoms with Crippen molar-refractivity contribution < 1.29 is 14.5 Å². The third kappa shape index (κ3) is 1.77. The predicted octanol–water partition coefficient (Wildman–Crippen LogP) is 1.07. The Hall–Kier alpha value is -2.24. The van der Waals surface area contributed by atoms with Crippen LogP contribution in [0, 0.1) is 10.1 Å². The first-order valence-corrected chi connectivity index (χ1v) is 5.07. The van der Waals surface area contributed by atoms with Gasteiger partial charge in [-0.1, -0.05) is 0 Å². The van der Waals surface area contributed by atoms with Gasteiger partial charge in [0, 0.05) is 31.2 Å². The van der Waals surface area contributed by atoms with Gasteiger partial charge in [-0.05, 0) is 11.6 Å². The van der Waals surface area contributed by atoms with Crippen LogP contribution in [0.4, 0.5) is 11.4 Å². The molecule has 6 nitrogen and oxygen atoms in total. The van der Waals surface area contributed by atoms with Crippen molar-refractivity contribution in [1.82, 2.24) is 0 Å². The molecule has 0 saturated heterocycles. The molecule has 6 heteroatoms. The van der Waals surface area contributed by atoms with E-state index in [2.05, 4.69) is 0 Å². The van der Waals surface area contributed by atoms with Crippen molar-refractivity contribution >= 4 is 23.6 Å². The molecule has 17 heavy (non-hydrogen) atoms. The second-order valence-electron chi connectivity index (χ2n) is 3.87. The Morgan fingerprint density at radius 3 is 2.82 bits per heavy atom. The Morgan fingerprint density at radius 1 is 1.59 bits per heavy atom. The summed E-state index contributed by atoms with van der Waals surface area (Å²) in [6.07, 6.45) is 1.02. The van der Waals surface area contributed by atoms with E-state index < -0.39 is 11.0 Å². The normalized spacial score (nSPS) is 17.7. The molecule has 0 unspecified atom stereocenters. The number of carbonyl (C=O) groups is 2. The number of rotatable bonds is 2. The van der Waals surface area contributed by atoms with E-state index in [9.17, 15) is 19.7 Å². The van der Waals surface area contributed by atoms with Gasteiger partial charge in [0.1, 0.15) is 6.29 Å². The van der Waals surface area contributed by atoms with Gasteiger partial charge in [-0.2, -0.15) is 0 Å². The quantitative estimate of drug-likeness (QED) is 0.435. The van der Waals surface area contributed by atoms with Gasteiger partial charge in [-0.3, -0.25) is 14.9 Å². The molecule has 1 heterocycles. The van der Waals surface area contributed by atoms with E-state index in [0.29, 0.717) is 24.0 Å². The van der Waals surface area contributed by atoms with Gasteiger partial charge in [0.15, 0.2) is 0 Å². The number of hydrogen-bond acceptors (Lipinski definition) is 4. The number of non-ortho nitro benzene ring substituents is 1. The van der Waals surface area contributed by atoms with Gasteiger partial charge >= 0.3 is 0 Å². The molecular weight excluding hydrogens is 224 g/mol. The van der Waals surface area contributed by atoms with Crippen LogP contribution in [0.3, 0.4) is 0 Å². The Kier molecular flexibility index (Phi) is 2.63. The van der Waals surface area contributed by atoms with E-state index in [4.69, 9.17) is 0 Å². The third-order valence-corrected chi connectivity index (χ3v) is 2.79. The maximum absolute atomic E-state index is 11.4. The van der Waals surface area contributed by atoms with Crippen LogP contribution in [-0.4, -0.2) is 23.2 Å². The van der Waals surface area contributed by atoms with Crippen molar-refractivity contribution in [2.45, 2.75) is 19.4 Å². The topological polar surface area (TPSA) is 80.5 Å².